The SMILES string of the molecule is CCCCCCCCCCCC([O-])=N[C@@H](CCC(=O)O)C(=O)O.CCCCCCCCCCCC([O-])=N[C@@H](CCC(=O)[O-])C(=O)[O-].[Ca+2].[Ca+2]. The van der Waals surface area contributed by atoms with Crippen molar-refractivity contribution in [3.05, 3.63) is 0 Å². The van der Waals surface area contributed by atoms with Crippen molar-refractivity contribution in [3.8, 4) is 0 Å². The van der Waals surface area contributed by atoms with E-state index in [0.29, 0.717) is 12.8 Å². The van der Waals surface area contributed by atoms with E-state index in [-0.39, 0.29) is 108 Å². The molecule has 0 saturated carbocycles. The number of aliphatic carboxylic acids is 4. The van der Waals surface area contributed by atoms with Gasteiger partial charge in [-0.25, -0.2) is 4.79 Å². The standard InChI is InChI=1S/2C17H31NO5.2Ca/c2*1-2-3-4-5-6-7-8-9-10-11-15(19)18-14(17(22)23)12-13-16(20)21;;/h2*14H,2-13H2,1H3,(H,18,19)(H,20,21)(H,22,23);;/q;;2*+2/p-4/t2*14-;;/m00../s1. The molecule has 0 aliphatic rings. The van der Waals surface area contributed by atoms with Crippen molar-refractivity contribution < 1.29 is 49.8 Å². The summed E-state index contributed by atoms with van der Waals surface area (Å²) in [5.74, 6) is -6.15. The van der Waals surface area contributed by atoms with Gasteiger partial charge in [0.15, 0.2) is 0 Å². The Hall–Kier alpha value is -0.661. The minimum atomic E-state index is -1.52. The Labute approximate surface area is 347 Å². The molecule has 2 atom stereocenters. The van der Waals surface area contributed by atoms with E-state index in [2.05, 4.69) is 23.8 Å². The average Bonchev–Trinajstić information content (AvgIpc) is 2.99. The number of carboxylic acid groups (broad SMARTS) is 4. The molecule has 0 spiro atoms. The molecule has 0 aliphatic heterocycles. The van der Waals surface area contributed by atoms with E-state index in [4.69, 9.17) is 10.2 Å². The summed E-state index contributed by atoms with van der Waals surface area (Å²) in [5, 5.41) is 61.8. The summed E-state index contributed by atoms with van der Waals surface area (Å²) in [6.45, 7) is 4.38. The normalized spacial score (nSPS) is 12.5. The predicted octanol–water partition coefficient (Wildman–Crippen LogP) is 2.54. The van der Waals surface area contributed by atoms with Crippen LogP contribution in [0.3, 0.4) is 0 Å². The summed E-state index contributed by atoms with van der Waals surface area (Å²) in [4.78, 5) is 49.6. The van der Waals surface area contributed by atoms with Gasteiger partial charge in [0.25, 0.3) is 0 Å². The molecule has 0 fully saturated rings. The van der Waals surface area contributed by atoms with Crippen molar-refractivity contribution >= 4 is 111 Å². The summed E-state index contributed by atoms with van der Waals surface area (Å²) >= 11 is 0. The van der Waals surface area contributed by atoms with E-state index in [1.807, 2.05) is 0 Å². The van der Waals surface area contributed by atoms with Crippen LogP contribution in [-0.4, -0.2) is 133 Å². The molecule has 0 aromatic heterocycles. The fraction of sp³-hybridized carbons (Fsp3) is 0.824. The Balaban J connectivity index is -0.000000387. The first kappa shape index (κ1) is 54.1. The van der Waals surface area contributed by atoms with Crippen LogP contribution in [0.4, 0.5) is 0 Å². The van der Waals surface area contributed by atoms with E-state index >= 15 is 0 Å². The molecule has 48 heavy (non-hydrogen) atoms. The van der Waals surface area contributed by atoms with Crippen LogP contribution < -0.4 is 20.4 Å². The molecule has 0 amide bonds. The zero-order chi connectivity index (χ0) is 35.0. The molecule has 0 radical (unpaired) electrons. The Bertz CT molecular complexity index is 818. The molecule has 12 nitrogen and oxygen atoms in total. The monoisotopic (exact) mass is 734 g/mol. The quantitative estimate of drug-likeness (QED) is 0.0475. The summed E-state index contributed by atoms with van der Waals surface area (Å²) < 4.78 is 0. The van der Waals surface area contributed by atoms with Gasteiger partial charge in [0.1, 0.15) is 6.04 Å². The molecular weight excluding hydrogens is 677 g/mol. The molecule has 0 aliphatic carbocycles. The summed E-state index contributed by atoms with van der Waals surface area (Å²) in [6.07, 6.45) is 19.6. The Morgan fingerprint density at radius 1 is 0.500 bits per heavy atom. The molecule has 0 unspecified atom stereocenters. The molecule has 0 rings (SSSR count). The Kier molecular flexibility index (Phi) is 44.1. The molecule has 0 heterocycles. The van der Waals surface area contributed by atoms with Gasteiger partial charge in [-0.05, 0) is 56.7 Å². The second-order valence-corrected chi connectivity index (χ2v) is 11.7. The molecule has 268 valence electrons. The van der Waals surface area contributed by atoms with Gasteiger partial charge in [-0.1, -0.05) is 117 Å². The van der Waals surface area contributed by atoms with Crippen LogP contribution >= 0.6 is 0 Å². The number of hydrogen-bond donors (Lipinski definition) is 2. The number of nitrogens with zero attached hydrogens (tertiary/aromatic N) is 2. The number of aliphatic imine (C=N–C) groups is 2. The molecule has 2 N–H and O–H groups in total. The number of carbonyl (C=O) groups excluding carboxylic acids is 2. The van der Waals surface area contributed by atoms with Gasteiger partial charge < -0.3 is 40.2 Å². The van der Waals surface area contributed by atoms with Crippen LogP contribution in [0.5, 0.6) is 0 Å². The molecule has 0 bridgehead atoms. The van der Waals surface area contributed by atoms with Crippen LogP contribution in [0, 0.1) is 0 Å². The first-order valence-corrected chi connectivity index (χ1v) is 17.3. The van der Waals surface area contributed by atoms with Crippen molar-refractivity contribution in [2.75, 3.05) is 0 Å². The maximum atomic E-state index is 11.6. The molecule has 14 heteroatoms. The van der Waals surface area contributed by atoms with Gasteiger partial charge in [0, 0.05) is 12.4 Å². The smallest absolute Gasteiger partial charge is 0.862 e. The third-order valence-electron chi connectivity index (χ3n) is 7.40. The average molecular weight is 735 g/mol. The van der Waals surface area contributed by atoms with Crippen LogP contribution in [-0.2, 0) is 19.2 Å². The van der Waals surface area contributed by atoms with E-state index < -0.39 is 54.2 Å². The van der Waals surface area contributed by atoms with E-state index in [9.17, 15) is 39.6 Å². The molecular formula is C34H58Ca2N2O10. The van der Waals surface area contributed by atoms with Crippen molar-refractivity contribution in [1.29, 1.82) is 0 Å². The van der Waals surface area contributed by atoms with Crippen molar-refractivity contribution in [1.82, 2.24) is 0 Å². The molecule has 0 aromatic rings. The Morgan fingerprint density at radius 2 is 0.833 bits per heavy atom. The summed E-state index contributed by atoms with van der Waals surface area (Å²) in [5.41, 5.74) is 0. The number of carboxylic acids is 4. The van der Waals surface area contributed by atoms with Gasteiger partial charge in [0.2, 0.25) is 0 Å². The van der Waals surface area contributed by atoms with Crippen LogP contribution in [0.25, 0.3) is 0 Å². The fourth-order valence-corrected chi connectivity index (χ4v) is 4.64. The van der Waals surface area contributed by atoms with Crippen molar-refractivity contribution in [2.45, 2.75) is 180 Å². The van der Waals surface area contributed by atoms with Gasteiger partial charge in [-0.3, -0.25) is 14.8 Å². The van der Waals surface area contributed by atoms with Gasteiger partial charge in [-0.2, -0.15) is 0 Å². The van der Waals surface area contributed by atoms with Gasteiger partial charge in [-0.15, -0.1) is 0 Å². The molecule has 0 saturated heterocycles. The predicted molar refractivity (Wildman–Crippen MR) is 181 cm³/mol. The number of carbonyl (C=O) groups is 4. The minimum absolute atomic E-state index is 0. The van der Waals surface area contributed by atoms with E-state index in [1.165, 1.54) is 70.6 Å². The second-order valence-electron chi connectivity index (χ2n) is 11.7. The van der Waals surface area contributed by atoms with E-state index in [1.54, 1.807) is 0 Å². The third-order valence-corrected chi connectivity index (χ3v) is 7.40. The van der Waals surface area contributed by atoms with Crippen molar-refractivity contribution in [2.24, 2.45) is 9.98 Å². The third kappa shape index (κ3) is 39.8. The largest absolute Gasteiger partial charge is 2.00 e. The van der Waals surface area contributed by atoms with E-state index in [0.717, 1.165) is 32.1 Å². The number of unbranched alkanes of at least 4 members (excludes halogenated alkanes) is 16. The number of rotatable bonds is 30. The summed E-state index contributed by atoms with van der Waals surface area (Å²) in [6, 6.07) is -2.63. The summed E-state index contributed by atoms with van der Waals surface area (Å²) in [7, 11) is 0. The zero-order valence-electron chi connectivity index (χ0n) is 29.6. The van der Waals surface area contributed by atoms with Gasteiger partial charge >= 0.3 is 87.4 Å². The minimum Gasteiger partial charge on any atom is -0.862 e. The first-order chi connectivity index (χ1) is 21.9. The maximum Gasteiger partial charge on any atom is 2.00 e. The van der Waals surface area contributed by atoms with Crippen LogP contribution in [0.1, 0.15) is 168 Å². The zero-order valence-corrected chi connectivity index (χ0v) is 34.0. The molecule has 0 aromatic carbocycles. The first-order valence-electron chi connectivity index (χ1n) is 17.3. The van der Waals surface area contributed by atoms with Crippen LogP contribution in [0.15, 0.2) is 9.98 Å². The maximum absolute atomic E-state index is 11.6. The van der Waals surface area contributed by atoms with Gasteiger partial charge in [0.05, 0.1) is 12.0 Å². The number of hydrogen-bond acceptors (Lipinski definition) is 10. The Morgan fingerprint density at radius 3 is 1.15 bits per heavy atom. The van der Waals surface area contributed by atoms with Crippen molar-refractivity contribution in [3.63, 3.8) is 0 Å². The fourth-order valence-electron chi connectivity index (χ4n) is 4.64. The topological polar surface area (TPSA) is 226 Å². The second kappa shape index (κ2) is 39.1. The van der Waals surface area contributed by atoms with Crippen LogP contribution in [0.2, 0.25) is 0 Å².